The SMILES string of the molecule is FC(F)(F)Sc1cc[nH]c1C(F)(F)F. The lowest BCUT2D eigenvalue weighted by Crippen LogP contribution is -2.08. The normalized spacial score (nSPS) is 13.3. The van der Waals surface area contributed by atoms with Gasteiger partial charge in [0, 0.05) is 11.1 Å². The van der Waals surface area contributed by atoms with Crippen molar-refractivity contribution in [2.24, 2.45) is 0 Å². The molecule has 1 heterocycles. The minimum atomic E-state index is -4.79. The van der Waals surface area contributed by atoms with Crippen LogP contribution in [0.2, 0.25) is 0 Å². The molecule has 1 nitrogen and oxygen atoms in total. The Bertz CT molecular complexity index is 311. The van der Waals surface area contributed by atoms with Gasteiger partial charge in [0.25, 0.3) is 0 Å². The Morgan fingerprint density at radius 3 is 2.07 bits per heavy atom. The van der Waals surface area contributed by atoms with E-state index in [9.17, 15) is 26.3 Å². The Morgan fingerprint density at radius 2 is 1.64 bits per heavy atom. The molecular formula is C6H3F6NS. The molecule has 0 unspecified atom stereocenters. The van der Waals surface area contributed by atoms with Gasteiger partial charge in [-0.25, -0.2) is 0 Å². The number of aromatic nitrogens is 1. The van der Waals surface area contributed by atoms with Crippen LogP contribution >= 0.6 is 11.8 Å². The number of aromatic amines is 1. The van der Waals surface area contributed by atoms with Crippen molar-refractivity contribution in [2.45, 2.75) is 16.6 Å². The van der Waals surface area contributed by atoms with Crippen molar-refractivity contribution in [2.75, 3.05) is 0 Å². The first kappa shape index (κ1) is 11.3. The summed E-state index contributed by atoms with van der Waals surface area (Å²) in [6, 6.07) is 0.737. The molecule has 0 aliphatic rings. The number of H-pyrrole nitrogens is 1. The minimum Gasteiger partial charge on any atom is -0.357 e. The maximum atomic E-state index is 12.0. The summed E-state index contributed by atoms with van der Waals surface area (Å²) in [5.74, 6) is 0. The van der Waals surface area contributed by atoms with Gasteiger partial charge >= 0.3 is 11.7 Å². The van der Waals surface area contributed by atoms with Crippen molar-refractivity contribution in [3.8, 4) is 0 Å². The molecule has 14 heavy (non-hydrogen) atoms. The minimum absolute atomic E-state index is 0.737. The highest BCUT2D eigenvalue weighted by Gasteiger charge is 2.39. The first-order valence-electron chi connectivity index (χ1n) is 3.20. The average molecular weight is 235 g/mol. The number of thioether (sulfide) groups is 1. The van der Waals surface area contributed by atoms with Crippen molar-refractivity contribution < 1.29 is 26.3 Å². The highest BCUT2D eigenvalue weighted by molar-refractivity contribution is 8.00. The predicted molar refractivity (Wildman–Crippen MR) is 37.7 cm³/mol. The molecule has 1 rings (SSSR count). The third kappa shape index (κ3) is 2.86. The molecule has 0 saturated heterocycles. The van der Waals surface area contributed by atoms with Crippen LogP contribution in [-0.2, 0) is 6.18 Å². The van der Waals surface area contributed by atoms with E-state index in [1.807, 2.05) is 0 Å². The number of hydrogen-bond donors (Lipinski definition) is 1. The van der Waals surface area contributed by atoms with Gasteiger partial charge < -0.3 is 4.98 Å². The van der Waals surface area contributed by atoms with Gasteiger partial charge in [0.2, 0.25) is 0 Å². The van der Waals surface area contributed by atoms with Crippen LogP contribution in [0.15, 0.2) is 17.2 Å². The first-order valence-corrected chi connectivity index (χ1v) is 4.02. The molecule has 0 atom stereocenters. The standard InChI is InChI=1S/C6H3F6NS/c7-5(8,9)4-3(1-2-13-4)14-6(10,11)12/h1-2,13H. The molecule has 0 spiro atoms. The Labute approximate surface area is 78.5 Å². The Hall–Kier alpha value is -0.790. The van der Waals surface area contributed by atoms with Crippen molar-refractivity contribution in [3.63, 3.8) is 0 Å². The lowest BCUT2D eigenvalue weighted by Gasteiger charge is -2.08. The molecule has 0 aliphatic heterocycles. The monoisotopic (exact) mass is 235 g/mol. The summed E-state index contributed by atoms with van der Waals surface area (Å²) in [5, 5.41) is 0. The molecule has 0 saturated carbocycles. The summed E-state index contributed by atoms with van der Waals surface area (Å²) in [4.78, 5) is 0.852. The van der Waals surface area contributed by atoms with Crippen molar-refractivity contribution in [3.05, 3.63) is 18.0 Å². The molecule has 0 aromatic carbocycles. The second kappa shape index (κ2) is 3.41. The summed E-state index contributed by atoms with van der Waals surface area (Å²) < 4.78 is 71.4. The zero-order valence-corrected chi connectivity index (χ0v) is 7.15. The van der Waals surface area contributed by atoms with Gasteiger partial charge in [-0.15, -0.1) is 0 Å². The van der Waals surface area contributed by atoms with Crippen LogP contribution in [-0.4, -0.2) is 10.5 Å². The molecule has 0 fully saturated rings. The van der Waals surface area contributed by atoms with Gasteiger partial charge in [0.05, 0.1) is 0 Å². The Kier molecular flexibility index (Phi) is 2.75. The smallest absolute Gasteiger partial charge is 0.357 e. The summed E-state index contributed by atoms with van der Waals surface area (Å²) in [7, 11) is 0. The molecular weight excluding hydrogens is 232 g/mol. The van der Waals surface area contributed by atoms with Crippen LogP contribution in [0.5, 0.6) is 0 Å². The highest BCUT2D eigenvalue weighted by atomic mass is 32.2. The van der Waals surface area contributed by atoms with E-state index >= 15 is 0 Å². The van der Waals surface area contributed by atoms with Crippen molar-refractivity contribution >= 4 is 11.8 Å². The van der Waals surface area contributed by atoms with Gasteiger partial charge in [0.15, 0.2) is 0 Å². The summed E-state index contributed by atoms with van der Waals surface area (Å²) in [5.41, 5.74) is -6.10. The zero-order chi connectivity index (χ0) is 11.0. The van der Waals surface area contributed by atoms with E-state index in [4.69, 9.17) is 0 Å². The van der Waals surface area contributed by atoms with Crippen LogP contribution in [0.1, 0.15) is 5.69 Å². The lowest BCUT2D eigenvalue weighted by molar-refractivity contribution is -0.143. The fourth-order valence-electron chi connectivity index (χ4n) is 0.786. The first-order chi connectivity index (χ1) is 6.20. The molecule has 0 aliphatic carbocycles. The van der Waals surface area contributed by atoms with E-state index in [0.717, 1.165) is 12.3 Å². The molecule has 0 radical (unpaired) electrons. The quantitative estimate of drug-likeness (QED) is 0.580. The molecule has 8 heteroatoms. The Morgan fingerprint density at radius 1 is 1.07 bits per heavy atom. The number of hydrogen-bond acceptors (Lipinski definition) is 1. The average Bonchev–Trinajstić information content (AvgIpc) is 2.29. The molecule has 0 amide bonds. The van der Waals surface area contributed by atoms with E-state index in [-0.39, 0.29) is 0 Å². The van der Waals surface area contributed by atoms with Gasteiger partial charge in [-0.3, -0.25) is 0 Å². The molecule has 1 aromatic rings. The summed E-state index contributed by atoms with van der Waals surface area (Å²) in [6.45, 7) is 0. The van der Waals surface area contributed by atoms with Crippen molar-refractivity contribution in [1.82, 2.24) is 4.98 Å². The van der Waals surface area contributed by atoms with Crippen LogP contribution in [0, 0.1) is 0 Å². The van der Waals surface area contributed by atoms with Crippen molar-refractivity contribution in [1.29, 1.82) is 0 Å². The molecule has 0 bridgehead atoms. The topological polar surface area (TPSA) is 15.8 Å². The summed E-state index contributed by atoms with van der Waals surface area (Å²) >= 11 is -0.790. The molecule has 1 aromatic heterocycles. The van der Waals surface area contributed by atoms with Crippen LogP contribution in [0.4, 0.5) is 26.3 Å². The number of alkyl halides is 6. The largest absolute Gasteiger partial charge is 0.446 e. The number of rotatable bonds is 1. The fourth-order valence-corrected chi connectivity index (χ4v) is 1.45. The van der Waals surface area contributed by atoms with E-state index in [1.165, 1.54) is 0 Å². The maximum Gasteiger partial charge on any atom is 0.446 e. The molecule has 1 N–H and O–H groups in total. The van der Waals surface area contributed by atoms with Crippen LogP contribution in [0.3, 0.4) is 0 Å². The second-order valence-electron chi connectivity index (χ2n) is 2.26. The second-order valence-corrected chi connectivity index (χ2v) is 3.37. The van der Waals surface area contributed by atoms with E-state index in [1.54, 1.807) is 4.98 Å². The Balaban J connectivity index is 2.95. The van der Waals surface area contributed by atoms with Gasteiger partial charge in [0.1, 0.15) is 5.69 Å². The predicted octanol–water partition coefficient (Wildman–Crippen LogP) is 3.65. The lowest BCUT2D eigenvalue weighted by atomic mass is 10.4. The zero-order valence-electron chi connectivity index (χ0n) is 6.33. The fraction of sp³-hybridized carbons (Fsp3) is 0.333. The van der Waals surface area contributed by atoms with Crippen LogP contribution < -0.4 is 0 Å². The number of halogens is 6. The molecule has 80 valence electrons. The summed E-state index contributed by atoms with van der Waals surface area (Å²) in [6.07, 6.45) is -3.98. The number of nitrogens with one attached hydrogen (secondary N) is 1. The maximum absolute atomic E-state index is 12.0. The van der Waals surface area contributed by atoms with E-state index < -0.39 is 34.0 Å². The van der Waals surface area contributed by atoms with E-state index in [2.05, 4.69) is 0 Å². The van der Waals surface area contributed by atoms with E-state index in [0.29, 0.717) is 0 Å². The van der Waals surface area contributed by atoms with Gasteiger partial charge in [-0.05, 0) is 17.8 Å². The third-order valence-corrected chi connectivity index (χ3v) is 2.01. The van der Waals surface area contributed by atoms with Gasteiger partial charge in [-0.2, -0.15) is 26.3 Å². The van der Waals surface area contributed by atoms with Crippen LogP contribution in [0.25, 0.3) is 0 Å². The third-order valence-electron chi connectivity index (χ3n) is 1.22. The van der Waals surface area contributed by atoms with Gasteiger partial charge in [-0.1, -0.05) is 0 Å². The highest BCUT2D eigenvalue weighted by Crippen LogP contribution is 2.42.